The number of hydrogen-bond donors (Lipinski definition) is 3. The van der Waals surface area contributed by atoms with E-state index in [1.807, 2.05) is 26.8 Å². The number of benzene rings is 2. The summed E-state index contributed by atoms with van der Waals surface area (Å²) in [6.07, 6.45) is 1.87. The molecule has 0 saturated heterocycles. The standard InChI is InChI=1S/C22H27ClFN3O.ClH/c1-22(2,3)27-21(28)17-6-4-14(12-19(17)24)13-26-20-16-9-11-25-10-8-15(16)5-7-18(20)23;/h4-7,12,25-26H,8-11,13H2,1-3H3,(H,27,28);1H. The lowest BCUT2D eigenvalue weighted by Gasteiger charge is -2.21. The van der Waals surface area contributed by atoms with Crippen LogP contribution in [0, 0.1) is 5.82 Å². The van der Waals surface area contributed by atoms with Crippen molar-refractivity contribution < 1.29 is 9.18 Å². The molecule has 1 aliphatic rings. The van der Waals surface area contributed by atoms with Crippen LogP contribution in [0.5, 0.6) is 0 Å². The molecular formula is C22H28Cl2FN3O. The molecule has 0 saturated carbocycles. The van der Waals surface area contributed by atoms with E-state index in [1.165, 1.54) is 23.3 Å². The van der Waals surface area contributed by atoms with Crippen LogP contribution in [-0.4, -0.2) is 24.5 Å². The molecule has 29 heavy (non-hydrogen) atoms. The third-order valence-electron chi connectivity index (χ3n) is 4.72. The van der Waals surface area contributed by atoms with E-state index < -0.39 is 17.3 Å². The average molecular weight is 440 g/mol. The minimum atomic E-state index is -0.525. The Morgan fingerprint density at radius 3 is 2.59 bits per heavy atom. The summed E-state index contributed by atoms with van der Waals surface area (Å²) < 4.78 is 14.5. The molecule has 7 heteroatoms. The largest absolute Gasteiger partial charge is 0.380 e. The van der Waals surface area contributed by atoms with Crippen LogP contribution < -0.4 is 16.0 Å². The van der Waals surface area contributed by atoms with Crippen molar-refractivity contribution in [2.45, 2.75) is 45.7 Å². The van der Waals surface area contributed by atoms with Crippen molar-refractivity contribution in [1.29, 1.82) is 0 Å². The van der Waals surface area contributed by atoms with E-state index in [-0.39, 0.29) is 18.0 Å². The number of fused-ring (bicyclic) bond motifs is 1. The first-order valence-electron chi connectivity index (χ1n) is 9.60. The second-order valence-corrected chi connectivity index (χ2v) is 8.59. The number of carbonyl (C=O) groups excluding carboxylic acids is 1. The van der Waals surface area contributed by atoms with Crippen molar-refractivity contribution in [3.05, 3.63) is 63.4 Å². The summed E-state index contributed by atoms with van der Waals surface area (Å²) in [4.78, 5) is 12.2. The van der Waals surface area contributed by atoms with Crippen LogP contribution in [0.3, 0.4) is 0 Å². The minimum Gasteiger partial charge on any atom is -0.380 e. The molecule has 2 aromatic rings. The molecule has 0 aliphatic carbocycles. The number of rotatable bonds is 4. The van der Waals surface area contributed by atoms with Crippen LogP contribution in [-0.2, 0) is 19.4 Å². The van der Waals surface area contributed by atoms with Crippen molar-refractivity contribution in [2.75, 3.05) is 18.4 Å². The Balaban J connectivity index is 0.00000300. The lowest BCUT2D eigenvalue weighted by molar-refractivity contribution is 0.0915. The van der Waals surface area contributed by atoms with Crippen LogP contribution >= 0.6 is 24.0 Å². The van der Waals surface area contributed by atoms with Crippen molar-refractivity contribution in [3.63, 3.8) is 0 Å². The van der Waals surface area contributed by atoms with Crippen molar-refractivity contribution in [1.82, 2.24) is 10.6 Å². The molecule has 0 unspecified atom stereocenters. The van der Waals surface area contributed by atoms with Crippen molar-refractivity contribution in [3.8, 4) is 0 Å². The van der Waals surface area contributed by atoms with E-state index in [0.717, 1.165) is 37.2 Å². The molecule has 0 spiro atoms. The molecule has 0 radical (unpaired) electrons. The lowest BCUT2D eigenvalue weighted by Crippen LogP contribution is -2.40. The third-order valence-corrected chi connectivity index (χ3v) is 5.03. The fourth-order valence-corrected chi connectivity index (χ4v) is 3.63. The number of amides is 1. The highest BCUT2D eigenvalue weighted by Gasteiger charge is 2.19. The van der Waals surface area contributed by atoms with Crippen LogP contribution in [0.1, 0.15) is 47.8 Å². The van der Waals surface area contributed by atoms with Crippen molar-refractivity contribution in [2.24, 2.45) is 0 Å². The fraction of sp³-hybridized carbons (Fsp3) is 0.409. The number of anilines is 1. The predicted octanol–water partition coefficient (Wildman–Crippen LogP) is 4.73. The summed E-state index contributed by atoms with van der Waals surface area (Å²) in [6, 6.07) is 8.70. The zero-order chi connectivity index (χ0) is 20.3. The minimum absolute atomic E-state index is 0. The van der Waals surface area contributed by atoms with Crippen LogP contribution in [0.4, 0.5) is 10.1 Å². The van der Waals surface area contributed by atoms with Gasteiger partial charge in [0.05, 0.1) is 16.3 Å². The first-order valence-corrected chi connectivity index (χ1v) is 9.98. The SMILES string of the molecule is CC(C)(C)NC(=O)c1ccc(CNc2c(Cl)ccc3c2CCNCC3)cc1F.Cl. The molecule has 0 fully saturated rings. The Labute approximate surface area is 183 Å². The van der Waals surface area contributed by atoms with Gasteiger partial charge in [0.15, 0.2) is 0 Å². The summed E-state index contributed by atoms with van der Waals surface area (Å²) in [5.74, 6) is -0.934. The monoisotopic (exact) mass is 439 g/mol. The Morgan fingerprint density at radius 2 is 1.90 bits per heavy atom. The molecule has 1 amide bonds. The van der Waals surface area contributed by atoms with Crippen LogP contribution in [0.15, 0.2) is 30.3 Å². The topological polar surface area (TPSA) is 53.2 Å². The van der Waals surface area contributed by atoms with Gasteiger partial charge in [-0.25, -0.2) is 4.39 Å². The van der Waals surface area contributed by atoms with Crippen molar-refractivity contribution >= 4 is 35.6 Å². The van der Waals surface area contributed by atoms with Gasteiger partial charge < -0.3 is 16.0 Å². The lowest BCUT2D eigenvalue weighted by atomic mass is 10.0. The molecule has 0 atom stereocenters. The zero-order valence-corrected chi connectivity index (χ0v) is 18.6. The first-order chi connectivity index (χ1) is 13.2. The van der Waals surface area contributed by atoms with E-state index in [1.54, 1.807) is 6.07 Å². The quantitative estimate of drug-likeness (QED) is 0.645. The van der Waals surface area contributed by atoms with E-state index in [9.17, 15) is 9.18 Å². The maximum atomic E-state index is 14.5. The fourth-order valence-electron chi connectivity index (χ4n) is 3.39. The zero-order valence-electron chi connectivity index (χ0n) is 17.0. The van der Waals surface area contributed by atoms with Gasteiger partial charge in [0, 0.05) is 12.1 Å². The molecule has 0 bridgehead atoms. The van der Waals surface area contributed by atoms with Gasteiger partial charge in [0.1, 0.15) is 5.82 Å². The van der Waals surface area contributed by atoms with E-state index in [0.29, 0.717) is 11.6 Å². The van der Waals surface area contributed by atoms with E-state index >= 15 is 0 Å². The summed E-state index contributed by atoms with van der Waals surface area (Å²) >= 11 is 6.43. The molecule has 1 heterocycles. The van der Waals surface area contributed by atoms with Crippen LogP contribution in [0.25, 0.3) is 0 Å². The molecule has 158 valence electrons. The molecule has 1 aliphatic heterocycles. The molecular weight excluding hydrogens is 412 g/mol. The smallest absolute Gasteiger partial charge is 0.254 e. The third kappa shape index (κ3) is 6.08. The Hall–Kier alpha value is -1.82. The Morgan fingerprint density at radius 1 is 1.17 bits per heavy atom. The highest BCUT2D eigenvalue weighted by atomic mass is 35.5. The Kier molecular flexibility index (Phi) is 7.92. The number of nitrogens with one attached hydrogen (secondary N) is 3. The van der Waals surface area contributed by atoms with Gasteiger partial charge in [-0.2, -0.15) is 0 Å². The molecule has 4 nitrogen and oxygen atoms in total. The molecule has 3 rings (SSSR count). The maximum absolute atomic E-state index is 14.5. The van der Waals surface area contributed by atoms with Gasteiger partial charge in [0.25, 0.3) is 5.91 Å². The van der Waals surface area contributed by atoms with Gasteiger partial charge in [-0.3, -0.25) is 4.79 Å². The van der Waals surface area contributed by atoms with Gasteiger partial charge in [-0.1, -0.05) is 23.7 Å². The summed E-state index contributed by atoms with van der Waals surface area (Å²) in [5, 5.41) is 10.2. The highest BCUT2D eigenvalue weighted by molar-refractivity contribution is 6.33. The maximum Gasteiger partial charge on any atom is 0.254 e. The highest BCUT2D eigenvalue weighted by Crippen LogP contribution is 2.31. The molecule has 3 N–H and O–H groups in total. The average Bonchev–Trinajstić information content (AvgIpc) is 2.85. The van der Waals surface area contributed by atoms with Gasteiger partial charge in [0.2, 0.25) is 0 Å². The summed E-state index contributed by atoms with van der Waals surface area (Å²) in [7, 11) is 0. The van der Waals surface area contributed by atoms with E-state index in [4.69, 9.17) is 11.6 Å². The number of halogens is 3. The van der Waals surface area contributed by atoms with E-state index in [2.05, 4.69) is 22.0 Å². The first kappa shape index (κ1) is 23.5. The predicted molar refractivity (Wildman–Crippen MR) is 120 cm³/mol. The summed E-state index contributed by atoms with van der Waals surface area (Å²) in [5.41, 5.74) is 3.82. The van der Waals surface area contributed by atoms with Crippen LogP contribution in [0.2, 0.25) is 5.02 Å². The molecule has 2 aromatic carbocycles. The van der Waals surface area contributed by atoms with Gasteiger partial charge in [-0.15, -0.1) is 12.4 Å². The number of hydrogen-bond acceptors (Lipinski definition) is 3. The van der Waals surface area contributed by atoms with Gasteiger partial charge in [-0.05, 0) is 81.6 Å². The molecule has 0 aromatic heterocycles. The second kappa shape index (κ2) is 9.79. The summed E-state index contributed by atoms with van der Waals surface area (Å²) in [6.45, 7) is 7.89. The van der Waals surface area contributed by atoms with Gasteiger partial charge >= 0.3 is 0 Å². The second-order valence-electron chi connectivity index (χ2n) is 8.18. The normalized spacial score (nSPS) is 13.7. The Bertz CT molecular complexity index is 881. The number of carbonyl (C=O) groups is 1.